The lowest BCUT2D eigenvalue weighted by Crippen LogP contribution is -2.43. The van der Waals surface area contributed by atoms with E-state index in [-0.39, 0.29) is 12.0 Å². The maximum absolute atomic E-state index is 12.1. The number of hydrogen-bond acceptors (Lipinski definition) is 3. The van der Waals surface area contributed by atoms with Crippen LogP contribution >= 0.6 is 23.2 Å². The summed E-state index contributed by atoms with van der Waals surface area (Å²) in [6.07, 6.45) is 0. The molecule has 0 bridgehead atoms. The number of carbonyl (C=O) groups excluding carboxylic acids is 2. The van der Waals surface area contributed by atoms with Gasteiger partial charge in [0.1, 0.15) is 5.75 Å². The average Bonchev–Trinajstić information content (AvgIpc) is 2.58. The first-order valence-electron chi connectivity index (χ1n) is 7.94. The minimum absolute atomic E-state index is 0.00347. The quantitative estimate of drug-likeness (QED) is 0.765. The van der Waals surface area contributed by atoms with Crippen LogP contribution < -0.4 is 15.6 Å². The third-order valence-corrected chi connectivity index (χ3v) is 4.11. The first-order chi connectivity index (χ1) is 12.2. The maximum Gasteiger partial charge on any atom is 0.276 e. The molecule has 2 aromatic rings. The monoisotopic (exact) mass is 394 g/mol. The van der Waals surface area contributed by atoms with Crippen molar-refractivity contribution in [3.8, 4) is 5.75 Å². The van der Waals surface area contributed by atoms with Crippen LogP contribution in [0.5, 0.6) is 5.75 Å². The van der Waals surface area contributed by atoms with E-state index in [4.69, 9.17) is 27.9 Å². The predicted molar refractivity (Wildman–Crippen MR) is 103 cm³/mol. The van der Waals surface area contributed by atoms with Crippen LogP contribution in [-0.2, 0) is 10.2 Å². The molecule has 0 fully saturated rings. The number of rotatable bonds is 4. The first kappa shape index (κ1) is 20.1. The van der Waals surface area contributed by atoms with Gasteiger partial charge in [-0.2, -0.15) is 0 Å². The first-order valence-corrected chi connectivity index (χ1v) is 8.70. The fraction of sp³-hybridized carbons (Fsp3) is 0.263. The summed E-state index contributed by atoms with van der Waals surface area (Å²) in [4.78, 5) is 23.9. The molecule has 0 aromatic heterocycles. The summed E-state index contributed by atoms with van der Waals surface area (Å²) in [5, 5.41) is 0.768. The molecule has 2 aromatic carbocycles. The molecule has 0 spiro atoms. The number of hydrazine groups is 1. The molecule has 0 aliphatic carbocycles. The molecule has 138 valence electrons. The molecule has 0 saturated heterocycles. The summed E-state index contributed by atoms with van der Waals surface area (Å²) in [5.74, 6) is -0.602. The third kappa shape index (κ3) is 5.64. The lowest BCUT2D eigenvalue weighted by molar-refractivity contribution is -0.123. The van der Waals surface area contributed by atoms with Gasteiger partial charge in [0.05, 0.1) is 5.02 Å². The van der Waals surface area contributed by atoms with Gasteiger partial charge in [0.15, 0.2) is 6.61 Å². The van der Waals surface area contributed by atoms with E-state index >= 15 is 0 Å². The Labute approximate surface area is 162 Å². The molecule has 0 aliphatic heterocycles. The van der Waals surface area contributed by atoms with Crippen LogP contribution in [0.15, 0.2) is 42.5 Å². The highest BCUT2D eigenvalue weighted by atomic mass is 35.5. The highest BCUT2D eigenvalue weighted by molar-refractivity contribution is 6.35. The highest BCUT2D eigenvalue weighted by Crippen LogP contribution is 2.27. The van der Waals surface area contributed by atoms with Crippen LogP contribution in [0.2, 0.25) is 10.0 Å². The molecule has 26 heavy (non-hydrogen) atoms. The molecule has 0 atom stereocenters. The Morgan fingerprint density at radius 2 is 1.65 bits per heavy atom. The molecule has 2 N–H and O–H groups in total. The van der Waals surface area contributed by atoms with Crippen molar-refractivity contribution in [1.82, 2.24) is 10.9 Å². The van der Waals surface area contributed by atoms with E-state index in [0.29, 0.717) is 21.4 Å². The van der Waals surface area contributed by atoms with E-state index in [9.17, 15) is 9.59 Å². The van der Waals surface area contributed by atoms with Gasteiger partial charge in [0, 0.05) is 10.6 Å². The third-order valence-electron chi connectivity index (χ3n) is 3.58. The summed E-state index contributed by atoms with van der Waals surface area (Å²) in [7, 11) is 0. The molecule has 0 aliphatic rings. The zero-order valence-corrected chi connectivity index (χ0v) is 16.2. The van der Waals surface area contributed by atoms with E-state index in [1.165, 1.54) is 6.07 Å². The minimum atomic E-state index is -0.518. The molecule has 0 saturated carbocycles. The Morgan fingerprint density at radius 3 is 2.23 bits per heavy atom. The predicted octanol–water partition coefficient (Wildman–Crippen LogP) is 4.13. The molecule has 0 heterocycles. The standard InChI is InChI=1S/C19H20Cl2N2O3/c1-19(2,3)13-6-4-12(5-7-13)18(25)23-22-17(24)11-26-16-9-8-14(20)10-15(16)21/h4-10H,11H2,1-3H3,(H,22,24)(H,23,25). The van der Waals surface area contributed by atoms with Crippen molar-refractivity contribution in [3.63, 3.8) is 0 Å². The summed E-state index contributed by atoms with van der Waals surface area (Å²) in [5.41, 5.74) is 6.20. The van der Waals surface area contributed by atoms with Gasteiger partial charge in [-0.05, 0) is 41.3 Å². The normalized spacial score (nSPS) is 11.0. The van der Waals surface area contributed by atoms with E-state index in [1.54, 1.807) is 24.3 Å². The lowest BCUT2D eigenvalue weighted by atomic mass is 9.87. The van der Waals surface area contributed by atoms with Crippen molar-refractivity contribution >= 4 is 35.0 Å². The zero-order chi connectivity index (χ0) is 19.3. The fourth-order valence-corrected chi connectivity index (χ4v) is 2.55. The summed E-state index contributed by atoms with van der Waals surface area (Å²) >= 11 is 11.7. The molecule has 7 heteroatoms. The maximum atomic E-state index is 12.1. The van der Waals surface area contributed by atoms with Crippen molar-refractivity contribution in [2.45, 2.75) is 26.2 Å². The van der Waals surface area contributed by atoms with Gasteiger partial charge in [0.25, 0.3) is 11.8 Å². The van der Waals surface area contributed by atoms with Crippen LogP contribution in [0.4, 0.5) is 0 Å². The average molecular weight is 395 g/mol. The number of ether oxygens (including phenoxy) is 1. The van der Waals surface area contributed by atoms with E-state index in [2.05, 4.69) is 31.6 Å². The van der Waals surface area contributed by atoms with Gasteiger partial charge in [0.2, 0.25) is 0 Å². The van der Waals surface area contributed by atoms with Crippen molar-refractivity contribution in [1.29, 1.82) is 0 Å². The number of halogens is 2. The molecular weight excluding hydrogens is 375 g/mol. The minimum Gasteiger partial charge on any atom is -0.482 e. The smallest absolute Gasteiger partial charge is 0.276 e. The van der Waals surface area contributed by atoms with Crippen LogP contribution in [0.25, 0.3) is 0 Å². The Kier molecular flexibility index (Phi) is 6.51. The van der Waals surface area contributed by atoms with Gasteiger partial charge in [-0.25, -0.2) is 0 Å². The Hall–Kier alpha value is -2.24. The summed E-state index contributed by atoms with van der Waals surface area (Å²) in [6, 6.07) is 11.9. The van der Waals surface area contributed by atoms with Crippen molar-refractivity contribution in [2.24, 2.45) is 0 Å². The highest BCUT2D eigenvalue weighted by Gasteiger charge is 2.14. The molecule has 2 amide bonds. The Balaban J connectivity index is 1.84. The summed E-state index contributed by atoms with van der Waals surface area (Å²) in [6.45, 7) is 5.98. The second-order valence-electron chi connectivity index (χ2n) is 6.69. The SMILES string of the molecule is CC(C)(C)c1ccc(C(=O)NNC(=O)COc2ccc(Cl)cc2Cl)cc1. The van der Waals surface area contributed by atoms with Gasteiger partial charge in [-0.1, -0.05) is 56.1 Å². The van der Waals surface area contributed by atoms with Crippen LogP contribution in [0.3, 0.4) is 0 Å². The second kappa shape index (κ2) is 8.43. The Bertz CT molecular complexity index is 799. The number of hydrogen-bond donors (Lipinski definition) is 2. The second-order valence-corrected chi connectivity index (χ2v) is 7.54. The van der Waals surface area contributed by atoms with Crippen LogP contribution in [0.1, 0.15) is 36.7 Å². The van der Waals surface area contributed by atoms with E-state index < -0.39 is 11.8 Å². The van der Waals surface area contributed by atoms with Gasteiger partial charge in [-0.15, -0.1) is 0 Å². The largest absolute Gasteiger partial charge is 0.482 e. The summed E-state index contributed by atoms with van der Waals surface area (Å²) < 4.78 is 5.29. The Morgan fingerprint density at radius 1 is 1.00 bits per heavy atom. The number of benzene rings is 2. The number of amides is 2. The molecule has 5 nitrogen and oxygen atoms in total. The fourth-order valence-electron chi connectivity index (χ4n) is 2.09. The van der Waals surface area contributed by atoms with Gasteiger partial charge >= 0.3 is 0 Å². The van der Waals surface area contributed by atoms with Crippen molar-refractivity contribution in [2.75, 3.05) is 6.61 Å². The van der Waals surface area contributed by atoms with Crippen LogP contribution in [0, 0.1) is 0 Å². The molecule has 0 radical (unpaired) electrons. The van der Waals surface area contributed by atoms with Crippen LogP contribution in [-0.4, -0.2) is 18.4 Å². The van der Waals surface area contributed by atoms with Crippen molar-refractivity contribution in [3.05, 3.63) is 63.6 Å². The number of carbonyl (C=O) groups is 2. The van der Waals surface area contributed by atoms with Crippen molar-refractivity contribution < 1.29 is 14.3 Å². The zero-order valence-electron chi connectivity index (χ0n) is 14.7. The van der Waals surface area contributed by atoms with Gasteiger partial charge in [-0.3, -0.25) is 20.4 Å². The molecule has 0 unspecified atom stereocenters. The molecular formula is C19H20Cl2N2O3. The lowest BCUT2D eigenvalue weighted by Gasteiger charge is -2.19. The number of nitrogens with one attached hydrogen (secondary N) is 2. The van der Waals surface area contributed by atoms with E-state index in [0.717, 1.165) is 5.56 Å². The van der Waals surface area contributed by atoms with E-state index in [1.807, 2.05) is 12.1 Å². The van der Waals surface area contributed by atoms with Gasteiger partial charge < -0.3 is 4.74 Å². The topological polar surface area (TPSA) is 67.4 Å². The molecule has 2 rings (SSSR count).